The summed E-state index contributed by atoms with van der Waals surface area (Å²) < 4.78 is 0. The zero-order valence-corrected chi connectivity index (χ0v) is 49.9. The second-order valence-corrected chi connectivity index (χ2v) is 23.7. The fraction of sp³-hybridized carbons (Fsp3) is 0.350. The maximum atomic E-state index is 14.9. The van der Waals surface area contributed by atoms with Crippen molar-refractivity contribution in [1.82, 2.24) is 37.2 Å². The van der Waals surface area contributed by atoms with Crippen LogP contribution in [0.5, 0.6) is 11.5 Å². The van der Waals surface area contributed by atoms with Crippen molar-refractivity contribution in [2.24, 2.45) is 17.2 Å². The number of nitrogens with two attached hydrogens (primary N) is 3. The number of primary amides is 1. The first-order valence-electron chi connectivity index (χ1n) is 28.0. The van der Waals surface area contributed by atoms with Gasteiger partial charge in [-0.05, 0) is 135 Å². The average molecular weight is 1250 g/mol. The van der Waals surface area contributed by atoms with Gasteiger partial charge in [-0.15, -0.1) is 0 Å². The van der Waals surface area contributed by atoms with Crippen LogP contribution in [0, 0.1) is 0 Å². The van der Waals surface area contributed by atoms with Gasteiger partial charge in [-0.3, -0.25) is 38.4 Å². The summed E-state index contributed by atoms with van der Waals surface area (Å²) >= 11 is 6.10. The summed E-state index contributed by atoms with van der Waals surface area (Å²) in [7, 11) is 1.92. The minimum atomic E-state index is -1.76. The number of hydrogen-bond acceptors (Lipinski definition) is 16. The van der Waals surface area contributed by atoms with E-state index in [0.717, 1.165) is 21.6 Å². The van der Waals surface area contributed by atoms with E-state index in [0.29, 0.717) is 45.1 Å². The van der Waals surface area contributed by atoms with Crippen molar-refractivity contribution in [3.05, 3.63) is 155 Å². The van der Waals surface area contributed by atoms with E-state index in [1.807, 2.05) is 0 Å². The predicted molar refractivity (Wildman–Crippen MR) is 333 cm³/mol. The normalized spacial score (nSPS) is 20.1. The molecule has 464 valence electrons. The first-order valence-corrected chi connectivity index (χ1v) is 30.8. The molecule has 1 fully saturated rings. The molecule has 0 radical (unpaired) electrons. The Morgan fingerprint density at radius 3 is 1.72 bits per heavy atom. The van der Waals surface area contributed by atoms with Gasteiger partial charge in [0.05, 0.1) is 12.1 Å². The standard InChI is InChI=1S/C60H73ClN12O12S2/c1-34(74)51-59(84)72-50(57(82)67-45(52(64)77)27-18-35-14-23-42(75)24-15-35)33-87-86-32-49(71-53(78)44(63)29-36-10-19-39(61)20-11-36)58(83)70-48(31-38-16-25-43(76)26-17-38)56(81)69-47(55(80)68-46(54(79)73-51)9-5-6-28-62)30-37-12-21-41(22-13-37)66-60(85)65-40-7-3-2-4-8-40/h2-4,7-8,10-17,19-26,34,44-51,74-76H,5-6,9,18,27-33,62-63H2,1H3,(H2,64,77)(H,67,82)(H,68,80)(H,69,81)(H,70,83)(H,71,78)(H,72,84)(H,73,79)(H2,65,66,85)/t34-,44+,45-,46+,47-,48+,49-,50+,51+/m1/s1. The van der Waals surface area contributed by atoms with E-state index in [9.17, 15) is 58.5 Å². The quantitative estimate of drug-likeness (QED) is 0.0370. The number of aliphatic hydroxyl groups excluding tert-OH is 1. The van der Waals surface area contributed by atoms with Crippen molar-refractivity contribution in [3.8, 4) is 11.5 Å². The number of aliphatic hydroxyl groups is 1. The van der Waals surface area contributed by atoms with E-state index in [4.69, 9.17) is 28.8 Å². The summed E-state index contributed by atoms with van der Waals surface area (Å²) in [6.07, 6.45) is -1.20. The number of unbranched alkanes of at least 4 members (excludes halogenated alkanes) is 1. The molecule has 1 heterocycles. The number of para-hydroxylation sites is 1. The molecule has 24 nitrogen and oxygen atoms in total. The zero-order valence-electron chi connectivity index (χ0n) is 47.5. The molecule has 18 N–H and O–H groups in total. The Labute approximate surface area is 515 Å². The number of halogens is 1. The van der Waals surface area contributed by atoms with Crippen LogP contribution in [0.3, 0.4) is 0 Å². The third kappa shape index (κ3) is 22.4. The van der Waals surface area contributed by atoms with E-state index in [1.165, 1.54) is 43.3 Å². The number of carbonyl (C=O) groups is 9. The number of aromatic hydroxyl groups is 2. The maximum Gasteiger partial charge on any atom is 0.323 e. The second-order valence-electron chi connectivity index (χ2n) is 20.7. The van der Waals surface area contributed by atoms with Crippen molar-refractivity contribution in [2.45, 2.75) is 113 Å². The topological polar surface area (TPSA) is 401 Å². The largest absolute Gasteiger partial charge is 0.508 e. The van der Waals surface area contributed by atoms with Gasteiger partial charge in [-0.2, -0.15) is 0 Å². The van der Waals surface area contributed by atoms with Crippen LogP contribution in [0.4, 0.5) is 16.2 Å². The molecule has 9 atom stereocenters. The number of anilines is 2. The molecule has 0 aromatic heterocycles. The van der Waals surface area contributed by atoms with Gasteiger partial charge in [0.25, 0.3) is 0 Å². The lowest BCUT2D eigenvalue weighted by molar-refractivity contribution is -0.136. The number of amides is 10. The van der Waals surface area contributed by atoms with Crippen LogP contribution in [-0.4, -0.2) is 141 Å². The van der Waals surface area contributed by atoms with Crippen molar-refractivity contribution < 1.29 is 58.5 Å². The van der Waals surface area contributed by atoms with Crippen LogP contribution in [-0.2, 0) is 64.0 Å². The Balaban J connectivity index is 1.37. The molecule has 0 unspecified atom stereocenters. The first-order chi connectivity index (χ1) is 41.6. The smallest absolute Gasteiger partial charge is 0.323 e. The summed E-state index contributed by atoms with van der Waals surface area (Å²) in [6, 6.07) is 21.4. The molecule has 0 aliphatic carbocycles. The number of rotatable bonds is 21. The van der Waals surface area contributed by atoms with E-state index in [2.05, 4.69) is 47.9 Å². The monoisotopic (exact) mass is 1250 g/mol. The number of phenols is 2. The molecule has 1 aliphatic rings. The van der Waals surface area contributed by atoms with E-state index in [-0.39, 0.29) is 74.5 Å². The second kappa shape index (κ2) is 34.1. The third-order valence-electron chi connectivity index (χ3n) is 13.8. The molecule has 0 saturated carbocycles. The molecule has 27 heteroatoms. The molecule has 10 amide bonds. The molecule has 1 aliphatic heterocycles. The number of hydrogen-bond donors (Lipinski definition) is 15. The lowest BCUT2D eigenvalue weighted by Gasteiger charge is -2.29. The van der Waals surface area contributed by atoms with Crippen LogP contribution in [0.1, 0.15) is 54.9 Å². The van der Waals surface area contributed by atoms with Crippen LogP contribution >= 0.6 is 33.2 Å². The Hall–Kier alpha value is -8.40. The Kier molecular flexibility index (Phi) is 26.5. The van der Waals surface area contributed by atoms with E-state index < -0.39 is 108 Å². The number of urea groups is 1. The summed E-state index contributed by atoms with van der Waals surface area (Å²) in [5.41, 5.74) is 21.2. The van der Waals surface area contributed by atoms with Gasteiger partial charge in [0.1, 0.15) is 53.8 Å². The van der Waals surface area contributed by atoms with E-state index >= 15 is 0 Å². The Morgan fingerprint density at radius 2 is 1.15 bits per heavy atom. The highest BCUT2D eigenvalue weighted by Gasteiger charge is 2.36. The molecule has 0 spiro atoms. The van der Waals surface area contributed by atoms with Gasteiger partial charge < -0.3 is 80.4 Å². The van der Waals surface area contributed by atoms with Crippen molar-refractivity contribution in [1.29, 1.82) is 0 Å². The molecule has 5 aromatic rings. The van der Waals surface area contributed by atoms with Gasteiger partial charge in [-0.1, -0.05) is 99.9 Å². The van der Waals surface area contributed by atoms with Gasteiger partial charge in [0.2, 0.25) is 47.3 Å². The molecule has 5 aromatic carbocycles. The first kappa shape index (κ1) is 67.7. The van der Waals surface area contributed by atoms with Crippen molar-refractivity contribution in [3.63, 3.8) is 0 Å². The lowest BCUT2D eigenvalue weighted by Crippen LogP contribution is -2.62. The summed E-state index contributed by atoms with van der Waals surface area (Å²) in [4.78, 5) is 127. The van der Waals surface area contributed by atoms with Crippen LogP contribution in [0.25, 0.3) is 0 Å². The minimum absolute atomic E-state index is 0.000702. The number of carbonyl (C=O) groups excluding carboxylic acids is 9. The van der Waals surface area contributed by atoms with E-state index in [1.54, 1.807) is 91.0 Å². The molecule has 6 rings (SSSR count). The van der Waals surface area contributed by atoms with Gasteiger partial charge >= 0.3 is 6.03 Å². The Bertz CT molecular complexity index is 3140. The molecule has 1 saturated heterocycles. The summed E-state index contributed by atoms with van der Waals surface area (Å²) in [5, 5.41) is 55.5. The average Bonchev–Trinajstić information content (AvgIpc) is 3.28. The highest BCUT2D eigenvalue weighted by atomic mass is 35.5. The summed E-state index contributed by atoms with van der Waals surface area (Å²) in [6.45, 7) is 1.43. The number of aryl methyl sites for hydroxylation is 1. The predicted octanol–water partition coefficient (Wildman–Crippen LogP) is 2.17. The number of phenolic OH excluding ortho intramolecular Hbond substituents is 2. The molecular formula is C60H73ClN12O12S2. The summed E-state index contributed by atoms with van der Waals surface area (Å²) in [5.74, 6) is -7.87. The molecule has 87 heavy (non-hydrogen) atoms. The maximum absolute atomic E-state index is 14.9. The number of benzene rings is 5. The van der Waals surface area contributed by atoms with Gasteiger partial charge in [-0.25, -0.2) is 4.79 Å². The van der Waals surface area contributed by atoms with Crippen LogP contribution < -0.4 is 65.1 Å². The fourth-order valence-corrected chi connectivity index (χ4v) is 11.4. The molecule has 0 bridgehead atoms. The lowest BCUT2D eigenvalue weighted by atomic mass is 10.0. The molecular weight excluding hydrogens is 1180 g/mol. The highest BCUT2D eigenvalue weighted by molar-refractivity contribution is 8.76. The third-order valence-corrected chi connectivity index (χ3v) is 16.5. The van der Waals surface area contributed by atoms with Crippen LogP contribution in [0.2, 0.25) is 5.02 Å². The van der Waals surface area contributed by atoms with Gasteiger partial charge in [0, 0.05) is 40.7 Å². The van der Waals surface area contributed by atoms with Gasteiger partial charge in [0.15, 0.2) is 0 Å². The van der Waals surface area contributed by atoms with Crippen molar-refractivity contribution >= 4 is 97.9 Å². The van der Waals surface area contributed by atoms with Crippen molar-refractivity contribution in [2.75, 3.05) is 28.7 Å². The minimum Gasteiger partial charge on any atom is -0.508 e. The number of nitrogens with one attached hydrogen (secondary N) is 9. The highest BCUT2D eigenvalue weighted by Crippen LogP contribution is 2.25. The zero-order chi connectivity index (χ0) is 63.0. The van der Waals surface area contributed by atoms with Crippen LogP contribution in [0.15, 0.2) is 127 Å². The Morgan fingerprint density at radius 1 is 0.632 bits per heavy atom. The SMILES string of the molecule is C[C@@H](O)[C@@H]1NC(=O)[C@H](CCCCN)NC(=O)[C@@H](Cc2ccc(NC(=O)Nc3ccccc3)cc2)NC(=O)[C@H](Cc2ccc(O)cc2)NC(=O)[C@H](NC(=O)[C@@H](N)Cc2ccc(Cl)cc2)CSSC[C@@H](C(=O)N[C@H](CCc2ccc(O)cc2)C(N)=O)NC1=O. The fourth-order valence-electron chi connectivity index (χ4n) is 8.94.